The lowest BCUT2D eigenvalue weighted by molar-refractivity contribution is -0.117. The van der Waals surface area contributed by atoms with E-state index in [9.17, 15) is 9.59 Å². The van der Waals surface area contributed by atoms with Gasteiger partial charge in [-0.3, -0.25) is 18.0 Å². The number of ether oxygens (including phenoxy) is 1. The van der Waals surface area contributed by atoms with E-state index in [0.717, 1.165) is 5.75 Å². The summed E-state index contributed by atoms with van der Waals surface area (Å²) < 4.78 is 27.4. The zero-order chi connectivity index (χ0) is 27.3. The third-order valence-corrected chi connectivity index (χ3v) is 14.2. The molecule has 2 heterocycles. The molecule has 0 bridgehead atoms. The second-order valence-corrected chi connectivity index (χ2v) is 17.2. The summed E-state index contributed by atoms with van der Waals surface area (Å²) in [4.78, 5) is 27.8. The topological polar surface area (TPSA) is 98.7 Å². The Labute approximate surface area is 221 Å². The van der Waals surface area contributed by atoms with Crippen LogP contribution in [0.15, 0.2) is 17.3 Å². The number of rotatable bonds is 9. The van der Waals surface area contributed by atoms with Crippen LogP contribution in [0.3, 0.4) is 0 Å². The zero-order valence-corrected chi connectivity index (χ0v) is 25.2. The molecule has 4 unspecified atom stereocenters. The standard InChI is InChI=1S/C25H47N3O6S2/c1-17(2)15-35(18(3)4)33-22-13-25(28(10)12-11-24(26-16-29)27-21(9)30)32-23(22)14-31-36(34-35,19(5)6)20(7)8/h11-12,16-20,22-23,25H,13-15H2,1-10H3,(H,26,27,29,30)/b12-11-. The summed E-state index contributed by atoms with van der Waals surface area (Å²) in [5, 5.41) is 3.15. The van der Waals surface area contributed by atoms with Gasteiger partial charge in [0.05, 0.1) is 0 Å². The van der Waals surface area contributed by atoms with Crippen molar-refractivity contribution in [1.29, 1.82) is 0 Å². The van der Waals surface area contributed by atoms with Gasteiger partial charge >= 0.3 is 0 Å². The van der Waals surface area contributed by atoms with Crippen molar-refractivity contribution < 1.29 is 26.3 Å². The van der Waals surface area contributed by atoms with Gasteiger partial charge < -0.3 is 15.0 Å². The molecule has 11 heteroatoms. The predicted octanol–water partition coefficient (Wildman–Crippen LogP) is 4.82. The van der Waals surface area contributed by atoms with Crippen molar-refractivity contribution in [3.8, 4) is 0 Å². The molecule has 2 rings (SSSR count). The Bertz CT molecular complexity index is 812. The lowest BCUT2D eigenvalue weighted by Gasteiger charge is -2.61. The van der Waals surface area contributed by atoms with Crippen LogP contribution in [0, 0.1) is 5.92 Å². The van der Waals surface area contributed by atoms with Crippen LogP contribution in [-0.2, 0) is 26.3 Å². The Kier molecular flexibility index (Phi) is 11.3. The van der Waals surface area contributed by atoms with E-state index < -0.39 is 21.2 Å². The van der Waals surface area contributed by atoms with E-state index in [1.165, 1.54) is 6.92 Å². The molecule has 2 saturated heterocycles. The van der Waals surface area contributed by atoms with E-state index in [2.05, 4.69) is 65.7 Å². The summed E-state index contributed by atoms with van der Waals surface area (Å²) in [7, 11) is -1.93. The molecule has 0 saturated carbocycles. The van der Waals surface area contributed by atoms with Gasteiger partial charge in [-0.25, -0.2) is 0 Å². The van der Waals surface area contributed by atoms with E-state index in [1.807, 2.05) is 11.9 Å². The number of hydrogen-bond donors (Lipinski definition) is 1. The highest BCUT2D eigenvalue weighted by molar-refractivity contribution is 8.38. The second-order valence-electron chi connectivity index (χ2n) is 10.6. The normalized spacial score (nSPS) is 31.7. The van der Waals surface area contributed by atoms with Crippen LogP contribution in [0.25, 0.3) is 0 Å². The highest BCUT2D eigenvalue weighted by Gasteiger charge is 2.49. The van der Waals surface area contributed by atoms with Gasteiger partial charge in [0.1, 0.15) is 30.9 Å². The number of nitrogens with one attached hydrogen (secondary N) is 1. The second kappa shape index (κ2) is 13.1. The first-order chi connectivity index (χ1) is 16.8. The minimum Gasteiger partial charge on any atom is -0.355 e. The Hall–Kier alpha value is -1.11. The van der Waals surface area contributed by atoms with E-state index in [1.54, 1.807) is 12.3 Å². The molecule has 210 valence electrons. The van der Waals surface area contributed by atoms with Crippen LogP contribution in [-0.4, -0.2) is 76.6 Å². The van der Waals surface area contributed by atoms with Gasteiger partial charge in [0.15, 0.2) is 0 Å². The maximum Gasteiger partial charge on any atom is 0.234 e. The molecule has 1 N–H and O–H groups in total. The number of carbonyl (C=O) groups excluding carboxylic acids is 2. The zero-order valence-electron chi connectivity index (χ0n) is 23.6. The monoisotopic (exact) mass is 549 g/mol. The Balaban J connectivity index is 2.36. The molecule has 2 aliphatic heterocycles. The van der Waals surface area contributed by atoms with Crippen molar-refractivity contribution in [2.75, 3.05) is 19.4 Å². The maximum atomic E-state index is 11.4. The lowest BCUT2D eigenvalue weighted by Crippen LogP contribution is -2.41. The molecule has 0 spiro atoms. The van der Waals surface area contributed by atoms with Gasteiger partial charge in [-0.05, 0) is 53.5 Å². The number of hydrogen-bond acceptors (Lipinski definition) is 7. The minimum atomic E-state index is -1.93. The molecule has 36 heavy (non-hydrogen) atoms. The Morgan fingerprint density at radius 1 is 1.08 bits per heavy atom. The third kappa shape index (κ3) is 7.48. The van der Waals surface area contributed by atoms with E-state index >= 15 is 0 Å². The molecular weight excluding hydrogens is 502 g/mol. The molecule has 0 aromatic heterocycles. The average Bonchev–Trinajstić information content (AvgIpc) is 3.13. The fourth-order valence-corrected chi connectivity index (χ4v) is 12.4. The summed E-state index contributed by atoms with van der Waals surface area (Å²) in [6.07, 6.45) is 3.70. The van der Waals surface area contributed by atoms with Crippen molar-refractivity contribution in [1.82, 2.24) is 10.2 Å². The fraction of sp³-hybridized carbons (Fsp3) is 0.800. The summed E-state index contributed by atoms with van der Waals surface area (Å²) in [6.45, 7) is 19.3. The first kappa shape index (κ1) is 31.1. The number of carbonyl (C=O) groups is 2. The summed E-state index contributed by atoms with van der Waals surface area (Å²) in [5.41, 5.74) is 0. The van der Waals surface area contributed by atoms with Crippen molar-refractivity contribution in [2.45, 2.75) is 103 Å². The van der Waals surface area contributed by atoms with Crippen LogP contribution in [0.4, 0.5) is 0 Å². The van der Waals surface area contributed by atoms with Crippen LogP contribution in [0.1, 0.15) is 68.7 Å². The Morgan fingerprint density at radius 2 is 1.72 bits per heavy atom. The predicted molar refractivity (Wildman–Crippen MR) is 150 cm³/mol. The van der Waals surface area contributed by atoms with Gasteiger partial charge in [0.2, 0.25) is 12.3 Å². The van der Waals surface area contributed by atoms with E-state index in [0.29, 0.717) is 25.4 Å². The van der Waals surface area contributed by atoms with Crippen molar-refractivity contribution in [3.05, 3.63) is 12.3 Å². The molecule has 2 aliphatic rings. The molecular formula is C25H47N3O6S2. The number of amides is 2. The van der Waals surface area contributed by atoms with Crippen LogP contribution in [0.2, 0.25) is 0 Å². The third-order valence-electron chi connectivity index (χ3n) is 6.12. The van der Waals surface area contributed by atoms with Crippen molar-refractivity contribution in [3.63, 3.8) is 0 Å². The number of nitrogens with zero attached hydrogens (tertiary/aromatic N) is 2. The molecule has 0 radical (unpaired) electrons. The van der Waals surface area contributed by atoms with Gasteiger partial charge in [-0.2, -0.15) is 29.8 Å². The quantitative estimate of drug-likeness (QED) is 0.250. The van der Waals surface area contributed by atoms with Gasteiger partial charge in [-0.1, -0.05) is 13.8 Å². The highest BCUT2D eigenvalue weighted by atomic mass is 32.4. The van der Waals surface area contributed by atoms with Gasteiger partial charge in [0.25, 0.3) is 0 Å². The van der Waals surface area contributed by atoms with E-state index in [-0.39, 0.29) is 45.9 Å². The van der Waals surface area contributed by atoms with Gasteiger partial charge in [-0.15, -0.1) is 0 Å². The van der Waals surface area contributed by atoms with Crippen molar-refractivity contribution >= 4 is 39.3 Å². The summed E-state index contributed by atoms with van der Waals surface area (Å²) in [5.74, 6) is 1.12. The van der Waals surface area contributed by atoms with E-state index in [4.69, 9.17) is 16.7 Å². The fourth-order valence-electron chi connectivity index (χ4n) is 4.33. The number of amidine groups is 1. The first-order valence-corrected chi connectivity index (χ1v) is 16.1. The smallest absolute Gasteiger partial charge is 0.234 e. The van der Waals surface area contributed by atoms with Crippen LogP contribution < -0.4 is 5.32 Å². The molecule has 2 amide bonds. The van der Waals surface area contributed by atoms with Crippen LogP contribution >= 0.6 is 21.2 Å². The molecule has 2 fully saturated rings. The van der Waals surface area contributed by atoms with Crippen molar-refractivity contribution in [2.24, 2.45) is 10.9 Å². The largest absolute Gasteiger partial charge is 0.355 e. The van der Waals surface area contributed by atoms with Crippen LogP contribution in [0.5, 0.6) is 0 Å². The lowest BCUT2D eigenvalue weighted by atomic mass is 10.2. The Morgan fingerprint density at radius 3 is 2.22 bits per heavy atom. The summed E-state index contributed by atoms with van der Waals surface area (Å²) >= 11 is 0. The maximum absolute atomic E-state index is 11.4. The highest BCUT2D eigenvalue weighted by Crippen LogP contribution is 2.73. The molecule has 0 aromatic rings. The number of fused-ring (bicyclic) bond motifs is 1. The molecule has 4 atom stereocenters. The van der Waals surface area contributed by atoms with Gasteiger partial charge in [0, 0.05) is 48.1 Å². The molecule has 0 aromatic carbocycles. The first-order valence-electron chi connectivity index (χ1n) is 12.8. The molecule has 9 nitrogen and oxygen atoms in total. The minimum absolute atomic E-state index is 0.169. The number of aliphatic imine (C=N–C) groups is 1. The SMILES string of the molecule is CC(=O)NC(/C=C\N(C)C1CC2OS(CC(C)C)(C(C)C)OS(C(C)C)(C(C)C)OCC2O1)=NC=O. The average molecular weight is 550 g/mol. The molecule has 0 aliphatic carbocycles. The summed E-state index contributed by atoms with van der Waals surface area (Å²) in [6, 6.07) is 0.